The minimum absolute atomic E-state index is 0.107. The smallest absolute Gasteiger partial charge is 0.240 e. The zero-order valence-corrected chi connectivity index (χ0v) is 37.5. The highest BCUT2D eigenvalue weighted by atomic mass is 17.2. The van der Waals surface area contributed by atoms with Crippen molar-refractivity contribution in [3.63, 3.8) is 0 Å². The van der Waals surface area contributed by atoms with Crippen LogP contribution in [-0.2, 0) is 29.1 Å². The summed E-state index contributed by atoms with van der Waals surface area (Å²) in [6.07, 6.45) is 10.4. The van der Waals surface area contributed by atoms with Gasteiger partial charge in [0, 0.05) is 23.0 Å². The summed E-state index contributed by atoms with van der Waals surface area (Å²) in [4.78, 5) is 61.5. The molecule has 11 N–H and O–H groups in total. The van der Waals surface area contributed by atoms with Gasteiger partial charge in [0.05, 0.1) is 33.3 Å². The molecule has 4 heterocycles. The molecule has 0 amide bonds. The number of phenolic OH excluding ortho intramolecular Hbond substituents is 1. The van der Waals surface area contributed by atoms with Gasteiger partial charge in [-0.15, -0.1) is 12.3 Å². The van der Waals surface area contributed by atoms with E-state index in [-0.39, 0.29) is 11.5 Å². The number of allylic oxidation sites excluding steroid dienone is 2. The molecule has 4 aliphatic heterocycles. The highest BCUT2D eigenvalue weighted by Crippen LogP contribution is 2.24. The van der Waals surface area contributed by atoms with Gasteiger partial charge in [-0.05, 0) is 97.0 Å². The zero-order valence-electron chi connectivity index (χ0n) is 37.5. The van der Waals surface area contributed by atoms with Crippen LogP contribution in [0.4, 0.5) is 0 Å². The molecule has 0 atom stereocenters. The standard InChI is InChI=1S/C13H18N2O4.C7H8O2.2C6H12N2O2.C6H12N2.C3H4.O2/c1-12(2,11-14-8-9-15-11)18-19-13(17-3)6-4-10(16)5-7-13;1-9-7-4-2-6(8)3-5-7;2*1-6(2,10-9)5-7-3-4-8-5;1-5(2)6-7-3-4-8-6;1-3-2;1-2/h4-7H,8-9H2,1-3H3,(H,14,15);2-5,8H,1H3;2*9H,3-4H2,1-2H3,(H,7,8);5H,3-4H2,1-2H3,(H,7,8);1H,2H3;/p+4. The number of carbonyl (C=O) groups excluding carboxylic acids is 1. The molecule has 20 heteroatoms. The number of phenols is 1. The largest absolute Gasteiger partial charge is 0.508 e. The van der Waals surface area contributed by atoms with Crippen molar-refractivity contribution in [2.75, 3.05) is 66.6 Å². The van der Waals surface area contributed by atoms with E-state index in [0.717, 1.165) is 75.6 Å². The summed E-state index contributed by atoms with van der Waals surface area (Å²) in [6, 6.07) is 6.57. The third kappa shape index (κ3) is 21.6. The molecule has 0 fully saturated rings. The number of rotatable bonds is 11. The van der Waals surface area contributed by atoms with Crippen molar-refractivity contribution in [2.45, 2.75) is 84.9 Å². The first-order valence-electron chi connectivity index (χ1n) is 19.7. The maximum atomic E-state index is 11.1. The molecule has 342 valence electrons. The molecule has 0 saturated heterocycles. The Kier molecular flexibility index (Phi) is 27.3. The molecule has 0 unspecified atom stereocenters. The van der Waals surface area contributed by atoms with Gasteiger partial charge in [-0.25, -0.2) is 34.6 Å². The third-order valence-electron chi connectivity index (χ3n) is 8.65. The van der Waals surface area contributed by atoms with E-state index in [1.54, 1.807) is 66.0 Å². The predicted octanol–water partition coefficient (Wildman–Crippen LogP) is -0.0881. The second-order valence-electron chi connectivity index (χ2n) is 15.1. The first-order valence-corrected chi connectivity index (χ1v) is 19.7. The number of aliphatic imine (C=N–C) groups is 4. The molecule has 6 rings (SSSR count). The van der Waals surface area contributed by atoms with E-state index < -0.39 is 22.6 Å². The fourth-order valence-electron chi connectivity index (χ4n) is 5.17. The molecule has 5 aliphatic rings. The second kappa shape index (κ2) is 29.6. The van der Waals surface area contributed by atoms with Gasteiger partial charge in [-0.1, -0.05) is 13.8 Å². The van der Waals surface area contributed by atoms with E-state index >= 15 is 0 Å². The Labute approximate surface area is 359 Å². The summed E-state index contributed by atoms with van der Waals surface area (Å²) in [6.45, 7) is 24.4. The Balaban J connectivity index is 0.000000746. The lowest BCUT2D eigenvalue weighted by atomic mass is 10.1. The molecule has 20 nitrogen and oxygen atoms in total. The molecule has 0 saturated carbocycles. The minimum atomic E-state index is -1.16. The Morgan fingerprint density at radius 1 is 0.721 bits per heavy atom. The summed E-state index contributed by atoms with van der Waals surface area (Å²) in [7, 11) is 3.08. The first-order chi connectivity index (χ1) is 28.8. The van der Waals surface area contributed by atoms with E-state index in [1.165, 1.54) is 37.2 Å². The first kappa shape index (κ1) is 56.4. The topological polar surface area (TPSA) is 283 Å². The number of carbonyl (C=O) groups is 1. The van der Waals surface area contributed by atoms with Gasteiger partial charge >= 0.3 is 0 Å². The summed E-state index contributed by atoms with van der Waals surface area (Å²) in [5, 5.41) is 33.9. The van der Waals surface area contributed by atoms with Crippen LogP contribution in [0, 0.1) is 28.2 Å². The van der Waals surface area contributed by atoms with Crippen LogP contribution in [0.2, 0.25) is 0 Å². The van der Waals surface area contributed by atoms with Crippen LogP contribution in [0.1, 0.15) is 62.3 Å². The molecule has 0 radical (unpaired) electrons. The van der Waals surface area contributed by atoms with Crippen LogP contribution < -0.4 is 26.0 Å². The van der Waals surface area contributed by atoms with E-state index in [4.69, 9.17) is 44.8 Å². The fourth-order valence-corrected chi connectivity index (χ4v) is 5.17. The van der Waals surface area contributed by atoms with E-state index in [9.17, 15) is 4.79 Å². The van der Waals surface area contributed by atoms with E-state index in [0.29, 0.717) is 5.92 Å². The van der Waals surface area contributed by atoms with Crippen LogP contribution in [0.15, 0.2) is 68.5 Å². The summed E-state index contributed by atoms with van der Waals surface area (Å²) >= 11 is 0. The molecule has 0 aromatic heterocycles. The fraction of sp³-hybridized carbons (Fsp3) is 0.585. The van der Waals surface area contributed by atoms with E-state index in [2.05, 4.69) is 61.3 Å². The van der Waals surface area contributed by atoms with Crippen LogP contribution >= 0.6 is 0 Å². The van der Waals surface area contributed by atoms with Gasteiger partial charge in [0.2, 0.25) is 23.3 Å². The lowest BCUT2D eigenvalue weighted by molar-refractivity contribution is -0.544. The summed E-state index contributed by atoms with van der Waals surface area (Å²) in [5.74, 6) is 6.48. The minimum Gasteiger partial charge on any atom is -0.508 e. The Morgan fingerprint density at radius 3 is 1.41 bits per heavy atom. The van der Waals surface area contributed by atoms with Gasteiger partial charge in [0.25, 0.3) is 0 Å². The SMILES string of the molecule is C#CC.CC(C)(OO)C1=NCC[NH2+]1.CC(C)(OO)C1=NCC[NH2+]1.CC(C)C1=NCC[NH2+]1.COC1(OOC(C)(C)C2=NCC[NH2+]2)C=CC(=O)C=C1.COc1ccc(O)cc1.O=O. The van der Waals surface area contributed by atoms with Crippen molar-refractivity contribution < 1.29 is 70.7 Å². The maximum absolute atomic E-state index is 11.1. The number of terminal acetylenes is 1. The number of nitrogens with zero attached hydrogens (tertiary/aromatic N) is 4. The number of hydrogen-bond donors (Lipinski definition) is 7. The van der Waals surface area contributed by atoms with Gasteiger partial charge < -0.3 is 14.6 Å². The zero-order chi connectivity index (χ0) is 46.5. The van der Waals surface area contributed by atoms with Crippen LogP contribution in [0.5, 0.6) is 11.5 Å². The summed E-state index contributed by atoms with van der Waals surface area (Å²) in [5.41, 5.74) is -1.92. The number of benzene rings is 1. The average molecular weight is 867 g/mol. The number of quaternary nitrogens is 4. The molecular formula is C41H70N8O12+4. The normalized spacial score (nSPS) is 17.2. The van der Waals surface area contributed by atoms with E-state index in [1.807, 2.05) is 29.8 Å². The monoisotopic (exact) mass is 867 g/mol. The van der Waals surface area contributed by atoms with Crippen molar-refractivity contribution in [3.8, 4) is 23.8 Å². The van der Waals surface area contributed by atoms with Crippen molar-refractivity contribution in [1.82, 2.24) is 0 Å². The van der Waals surface area contributed by atoms with Crippen LogP contribution in [0.3, 0.4) is 0 Å². The molecule has 1 aliphatic carbocycles. The highest BCUT2D eigenvalue weighted by molar-refractivity contribution is 6.00. The molecular weight excluding hydrogens is 796 g/mol. The number of ketones is 1. The van der Waals surface area contributed by atoms with Crippen molar-refractivity contribution >= 4 is 29.1 Å². The second-order valence-corrected chi connectivity index (χ2v) is 15.1. The molecule has 1 aromatic rings. The van der Waals surface area contributed by atoms with Gasteiger partial charge in [0.15, 0.2) is 28.4 Å². The molecule has 61 heavy (non-hydrogen) atoms. The predicted molar refractivity (Wildman–Crippen MR) is 232 cm³/mol. The quantitative estimate of drug-likeness (QED) is 0.0666. The number of hydrogen-bond acceptors (Lipinski definition) is 16. The number of methoxy groups -OCH3 is 2. The Hall–Kier alpha value is -4.63. The average Bonchev–Trinajstić information content (AvgIpc) is 4.12. The van der Waals surface area contributed by atoms with Crippen molar-refractivity contribution in [2.24, 2.45) is 25.9 Å². The van der Waals surface area contributed by atoms with Crippen molar-refractivity contribution in [1.29, 1.82) is 0 Å². The Morgan fingerprint density at radius 2 is 1.11 bits per heavy atom. The highest BCUT2D eigenvalue weighted by Gasteiger charge is 2.38. The summed E-state index contributed by atoms with van der Waals surface area (Å²) < 4.78 is 10.1. The van der Waals surface area contributed by atoms with Crippen molar-refractivity contribution in [3.05, 3.63) is 58.5 Å². The maximum Gasteiger partial charge on any atom is 0.240 e. The van der Waals surface area contributed by atoms with Crippen LogP contribution in [-0.4, -0.2) is 134 Å². The third-order valence-corrected chi connectivity index (χ3v) is 8.65. The number of nitrogens with two attached hydrogens (primary N) is 4. The lowest BCUT2D eigenvalue weighted by Crippen LogP contribution is -2.90. The van der Waals surface area contributed by atoms with Gasteiger partial charge in [-0.2, -0.15) is 4.89 Å². The lowest BCUT2D eigenvalue weighted by Gasteiger charge is -2.30. The number of amidine groups is 4. The molecule has 1 aromatic carbocycles. The van der Waals surface area contributed by atoms with Crippen LogP contribution in [0.25, 0.3) is 0 Å². The Bertz CT molecular complexity index is 1620. The number of ether oxygens (including phenoxy) is 2. The molecule has 0 bridgehead atoms. The molecule has 0 spiro atoms. The van der Waals surface area contributed by atoms with Gasteiger partial charge in [-0.3, -0.25) is 36.6 Å². The number of aromatic hydroxyl groups is 1. The van der Waals surface area contributed by atoms with Gasteiger partial charge in [0.1, 0.15) is 37.7 Å².